The Hall–Kier alpha value is -0.750. The summed E-state index contributed by atoms with van der Waals surface area (Å²) < 4.78 is 1.01. The van der Waals surface area contributed by atoms with Crippen LogP contribution in [-0.4, -0.2) is 21.8 Å². The van der Waals surface area contributed by atoms with Gasteiger partial charge in [0.15, 0.2) is 5.13 Å². The number of hydrogen-bond acceptors (Lipinski definition) is 5. The molecule has 0 aliphatic heterocycles. The lowest BCUT2D eigenvalue weighted by molar-refractivity contribution is -0.140. The van der Waals surface area contributed by atoms with Gasteiger partial charge >= 0.3 is 5.97 Å². The van der Waals surface area contributed by atoms with Crippen LogP contribution in [0.3, 0.4) is 0 Å². The highest BCUT2D eigenvalue weighted by Crippen LogP contribution is 2.31. The Morgan fingerprint density at radius 1 is 1.79 bits per heavy atom. The molecule has 1 heterocycles. The summed E-state index contributed by atoms with van der Waals surface area (Å²) in [7, 11) is 0. The van der Waals surface area contributed by atoms with Gasteiger partial charge in [-0.25, -0.2) is 4.98 Å². The highest BCUT2D eigenvalue weighted by molar-refractivity contribution is 8.01. The predicted octanol–water partition coefficient (Wildman–Crippen LogP) is 1.85. The van der Waals surface area contributed by atoms with Gasteiger partial charge in [-0.15, -0.1) is 11.8 Å². The third kappa shape index (κ3) is 2.88. The molecule has 0 aromatic carbocycles. The van der Waals surface area contributed by atoms with Crippen molar-refractivity contribution in [3.63, 3.8) is 0 Å². The van der Waals surface area contributed by atoms with E-state index in [1.807, 2.05) is 6.92 Å². The third-order valence-corrected chi connectivity index (χ3v) is 4.27. The second-order valence-corrected chi connectivity index (χ2v) is 5.29. The molecule has 0 amide bonds. The van der Waals surface area contributed by atoms with E-state index in [2.05, 4.69) is 4.98 Å². The van der Waals surface area contributed by atoms with Crippen LogP contribution in [0.5, 0.6) is 0 Å². The van der Waals surface area contributed by atoms with Crippen molar-refractivity contribution in [1.29, 1.82) is 0 Å². The zero-order chi connectivity index (χ0) is 10.7. The number of thioether (sulfide) groups is 1. The van der Waals surface area contributed by atoms with Crippen molar-refractivity contribution >= 4 is 34.2 Å². The molecule has 1 unspecified atom stereocenters. The minimum atomic E-state index is -0.771. The molecule has 78 valence electrons. The largest absolute Gasteiger partial charge is 0.481 e. The van der Waals surface area contributed by atoms with Gasteiger partial charge in [0, 0.05) is 5.75 Å². The Labute approximate surface area is 90.5 Å². The number of anilines is 1. The molecule has 0 bridgehead atoms. The maximum atomic E-state index is 10.6. The number of carboxylic acid groups (broad SMARTS) is 1. The Morgan fingerprint density at radius 2 is 2.43 bits per heavy atom. The number of rotatable bonds is 4. The Bertz CT molecular complexity index is 338. The number of aliphatic carboxylic acids is 1. The summed E-state index contributed by atoms with van der Waals surface area (Å²) in [5.41, 5.74) is 6.41. The first-order valence-corrected chi connectivity index (χ1v) is 5.89. The number of nitrogens with zero attached hydrogens (tertiary/aromatic N) is 1. The van der Waals surface area contributed by atoms with Gasteiger partial charge in [0.2, 0.25) is 0 Å². The fraction of sp³-hybridized carbons (Fsp3) is 0.500. The molecular formula is C8H12N2O2S2. The van der Waals surface area contributed by atoms with Gasteiger partial charge in [0.1, 0.15) is 0 Å². The number of aromatic nitrogens is 1. The smallest absolute Gasteiger partial charge is 0.307 e. The predicted molar refractivity (Wildman–Crippen MR) is 58.8 cm³/mol. The first-order chi connectivity index (χ1) is 6.50. The summed E-state index contributed by atoms with van der Waals surface area (Å²) >= 11 is 2.90. The van der Waals surface area contributed by atoms with Gasteiger partial charge in [0.05, 0.1) is 15.8 Å². The summed E-state index contributed by atoms with van der Waals surface area (Å²) in [5.74, 6) is -0.562. The van der Waals surface area contributed by atoms with Crippen molar-refractivity contribution in [3.05, 3.63) is 5.69 Å². The number of aryl methyl sites for hydroxylation is 1. The van der Waals surface area contributed by atoms with Crippen LogP contribution in [0.25, 0.3) is 0 Å². The lowest BCUT2D eigenvalue weighted by Crippen LogP contribution is -2.11. The number of thiazole rings is 1. The molecule has 0 saturated heterocycles. The zero-order valence-corrected chi connectivity index (χ0v) is 9.61. The summed E-state index contributed by atoms with van der Waals surface area (Å²) in [6.07, 6.45) is 0. The van der Waals surface area contributed by atoms with Crippen molar-refractivity contribution in [2.45, 2.75) is 18.1 Å². The average Bonchev–Trinajstić information content (AvgIpc) is 2.40. The average molecular weight is 232 g/mol. The highest BCUT2D eigenvalue weighted by Gasteiger charge is 2.13. The van der Waals surface area contributed by atoms with E-state index in [-0.39, 0.29) is 5.92 Å². The molecule has 0 fully saturated rings. The standard InChI is InChI=1S/C8H12N2O2S2/c1-4(6(11)12)3-13-7-5(2)10-8(9)14-7/h4H,3H2,1-2H3,(H2,9,10)(H,11,12). The van der Waals surface area contributed by atoms with Crippen molar-refractivity contribution in [3.8, 4) is 0 Å². The minimum absolute atomic E-state index is 0.345. The maximum absolute atomic E-state index is 10.6. The molecule has 0 aliphatic carbocycles. The van der Waals surface area contributed by atoms with Gasteiger partial charge in [-0.3, -0.25) is 4.79 Å². The number of nitrogens with two attached hydrogens (primary N) is 1. The van der Waals surface area contributed by atoms with E-state index in [1.54, 1.807) is 6.92 Å². The zero-order valence-electron chi connectivity index (χ0n) is 7.98. The Morgan fingerprint density at radius 3 is 2.86 bits per heavy atom. The number of hydrogen-bond donors (Lipinski definition) is 2. The van der Waals surface area contributed by atoms with Gasteiger partial charge in [-0.2, -0.15) is 0 Å². The normalized spacial score (nSPS) is 12.7. The molecular weight excluding hydrogens is 220 g/mol. The molecule has 0 aliphatic rings. The maximum Gasteiger partial charge on any atom is 0.307 e. The van der Waals surface area contributed by atoms with Gasteiger partial charge in [-0.05, 0) is 6.92 Å². The van der Waals surface area contributed by atoms with Crippen molar-refractivity contribution in [1.82, 2.24) is 4.98 Å². The first-order valence-electron chi connectivity index (χ1n) is 4.09. The van der Waals surface area contributed by atoms with E-state index in [9.17, 15) is 4.79 Å². The van der Waals surface area contributed by atoms with Crippen molar-refractivity contribution < 1.29 is 9.90 Å². The van der Waals surface area contributed by atoms with Gasteiger partial charge in [0.25, 0.3) is 0 Å². The molecule has 0 saturated carbocycles. The quantitative estimate of drug-likeness (QED) is 0.775. The van der Waals surface area contributed by atoms with Crippen LogP contribution in [0.2, 0.25) is 0 Å². The topological polar surface area (TPSA) is 76.2 Å². The molecule has 0 radical (unpaired) electrons. The monoisotopic (exact) mass is 232 g/mol. The van der Waals surface area contributed by atoms with E-state index in [0.29, 0.717) is 10.9 Å². The molecule has 1 atom stereocenters. The van der Waals surface area contributed by atoms with Crippen molar-refractivity contribution in [2.24, 2.45) is 5.92 Å². The van der Waals surface area contributed by atoms with Crippen LogP contribution in [-0.2, 0) is 4.79 Å². The number of nitrogen functional groups attached to an aromatic ring is 1. The summed E-state index contributed by atoms with van der Waals surface area (Å²) in [6, 6.07) is 0. The van der Waals surface area contributed by atoms with Gasteiger partial charge < -0.3 is 10.8 Å². The summed E-state index contributed by atoms with van der Waals surface area (Å²) in [5, 5.41) is 9.22. The lowest BCUT2D eigenvalue weighted by Gasteiger charge is -2.03. The van der Waals surface area contributed by atoms with Gasteiger partial charge in [-0.1, -0.05) is 18.3 Å². The fourth-order valence-electron chi connectivity index (χ4n) is 0.808. The van der Waals surface area contributed by atoms with Crippen LogP contribution in [0.4, 0.5) is 5.13 Å². The van der Waals surface area contributed by atoms with E-state index in [4.69, 9.17) is 10.8 Å². The molecule has 3 N–H and O–H groups in total. The molecule has 0 spiro atoms. The molecule has 1 aromatic heterocycles. The molecule has 1 aromatic rings. The SMILES string of the molecule is Cc1nc(N)sc1SCC(C)C(=O)O. The minimum Gasteiger partial charge on any atom is -0.481 e. The first kappa shape index (κ1) is 11.3. The number of carboxylic acids is 1. The second kappa shape index (κ2) is 4.65. The molecule has 14 heavy (non-hydrogen) atoms. The van der Waals surface area contributed by atoms with Crippen LogP contribution in [0.1, 0.15) is 12.6 Å². The fourth-order valence-corrected chi connectivity index (χ4v) is 2.87. The Kier molecular flexibility index (Phi) is 3.77. The summed E-state index contributed by atoms with van der Waals surface area (Å²) in [6.45, 7) is 3.57. The van der Waals surface area contributed by atoms with E-state index < -0.39 is 5.97 Å². The molecule has 1 rings (SSSR count). The third-order valence-electron chi connectivity index (χ3n) is 1.66. The van der Waals surface area contributed by atoms with E-state index in [0.717, 1.165) is 9.90 Å². The number of carbonyl (C=O) groups is 1. The molecule has 6 heteroatoms. The second-order valence-electron chi connectivity index (χ2n) is 2.98. The Balaban J connectivity index is 2.53. The van der Waals surface area contributed by atoms with Crippen LogP contribution < -0.4 is 5.73 Å². The molecule has 4 nitrogen and oxygen atoms in total. The van der Waals surface area contributed by atoms with E-state index in [1.165, 1.54) is 23.1 Å². The van der Waals surface area contributed by atoms with Crippen LogP contribution in [0, 0.1) is 12.8 Å². The van der Waals surface area contributed by atoms with Crippen LogP contribution >= 0.6 is 23.1 Å². The van der Waals surface area contributed by atoms with Crippen molar-refractivity contribution in [2.75, 3.05) is 11.5 Å². The lowest BCUT2D eigenvalue weighted by atomic mass is 10.2. The summed E-state index contributed by atoms with van der Waals surface area (Å²) in [4.78, 5) is 14.6. The van der Waals surface area contributed by atoms with E-state index >= 15 is 0 Å². The van der Waals surface area contributed by atoms with Crippen LogP contribution in [0.15, 0.2) is 4.21 Å². The highest BCUT2D eigenvalue weighted by atomic mass is 32.2.